The maximum atomic E-state index is 13.3. The number of fused-ring (bicyclic) bond motifs is 2. The average Bonchev–Trinajstić information content (AvgIpc) is 3.04. The van der Waals surface area contributed by atoms with E-state index in [9.17, 15) is 9.59 Å². The third-order valence-electron chi connectivity index (χ3n) is 5.57. The molecule has 0 N–H and O–H groups in total. The summed E-state index contributed by atoms with van der Waals surface area (Å²) < 4.78 is 17.5. The van der Waals surface area contributed by atoms with Crippen LogP contribution in [-0.2, 0) is 9.53 Å². The van der Waals surface area contributed by atoms with Gasteiger partial charge in [0.15, 0.2) is 17.3 Å². The maximum absolute atomic E-state index is 13.3. The van der Waals surface area contributed by atoms with Crippen LogP contribution in [0.4, 0.5) is 5.69 Å². The summed E-state index contributed by atoms with van der Waals surface area (Å²) in [6, 6.07) is 4.55. The lowest BCUT2D eigenvalue weighted by atomic mass is 10.1. The highest BCUT2D eigenvalue weighted by Gasteiger charge is 2.40. The van der Waals surface area contributed by atoms with Crippen LogP contribution < -0.4 is 14.4 Å². The fraction of sp³-hybridized carbons (Fsp3) is 0.636. The van der Waals surface area contributed by atoms with E-state index in [-0.39, 0.29) is 24.3 Å². The zero-order chi connectivity index (χ0) is 22.6. The van der Waals surface area contributed by atoms with Gasteiger partial charge in [0.2, 0.25) is 0 Å². The topological polar surface area (TPSA) is 68.3 Å². The highest BCUT2D eigenvalue weighted by atomic mass is 79.9. The molecule has 0 aromatic heterocycles. The number of anilines is 1. The first kappa shape index (κ1) is 24.1. The zero-order valence-corrected chi connectivity index (χ0v) is 21.5. The molecule has 2 aliphatic heterocycles. The van der Waals surface area contributed by atoms with Crippen LogP contribution in [0.25, 0.3) is 0 Å². The van der Waals surface area contributed by atoms with Gasteiger partial charge >= 0.3 is 0 Å². The van der Waals surface area contributed by atoms with Crippen LogP contribution in [-0.4, -0.2) is 76.2 Å². The Bertz CT molecular complexity index is 814. The summed E-state index contributed by atoms with van der Waals surface area (Å²) in [6.45, 7) is 9.29. The van der Waals surface area contributed by atoms with Crippen molar-refractivity contribution >= 4 is 41.4 Å². The molecule has 172 valence electrons. The van der Waals surface area contributed by atoms with Crippen LogP contribution in [0.15, 0.2) is 12.1 Å². The molecule has 0 radical (unpaired) electrons. The molecule has 0 aliphatic carbocycles. The summed E-state index contributed by atoms with van der Waals surface area (Å²) in [4.78, 5) is 29.2. The smallest absolute Gasteiger partial charge is 0.256 e. The molecule has 9 heteroatoms. The third-order valence-corrected chi connectivity index (χ3v) is 7.84. The number of Topliss-reactive ketones (excluding diaryl/α,β-unsaturated/α-hetero) is 1. The molecule has 1 fully saturated rings. The fourth-order valence-corrected chi connectivity index (χ4v) is 4.82. The second-order valence-electron chi connectivity index (χ2n) is 9.31. The molecule has 2 aliphatic rings. The lowest BCUT2D eigenvalue weighted by molar-refractivity contribution is -0.116. The molecule has 31 heavy (non-hydrogen) atoms. The van der Waals surface area contributed by atoms with Crippen LogP contribution in [0.1, 0.15) is 23.2 Å². The van der Waals surface area contributed by atoms with Crippen molar-refractivity contribution in [2.24, 2.45) is 0 Å². The van der Waals surface area contributed by atoms with E-state index < -0.39 is 8.07 Å². The van der Waals surface area contributed by atoms with Crippen molar-refractivity contribution in [1.82, 2.24) is 4.90 Å². The van der Waals surface area contributed by atoms with E-state index in [1.54, 1.807) is 18.1 Å². The van der Waals surface area contributed by atoms with Gasteiger partial charge in [-0.3, -0.25) is 9.59 Å². The van der Waals surface area contributed by atoms with E-state index >= 15 is 0 Å². The number of ether oxygens (including phenoxy) is 3. The van der Waals surface area contributed by atoms with Crippen LogP contribution in [0.2, 0.25) is 25.7 Å². The van der Waals surface area contributed by atoms with Crippen molar-refractivity contribution in [3.8, 4) is 11.5 Å². The number of methoxy groups -OCH3 is 1. The van der Waals surface area contributed by atoms with E-state index in [1.165, 1.54) is 0 Å². The summed E-state index contributed by atoms with van der Waals surface area (Å²) in [5, 5.41) is 0.848. The van der Waals surface area contributed by atoms with Crippen molar-refractivity contribution in [3.63, 3.8) is 0 Å². The quantitative estimate of drug-likeness (QED) is 0.270. The number of carbonyl (C=O) groups excluding carboxylic acids is 2. The van der Waals surface area contributed by atoms with Gasteiger partial charge in [0, 0.05) is 39.0 Å². The Morgan fingerprint density at radius 1 is 1.16 bits per heavy atom. The van der Waals surface area contributed by atoms with E-state index in [4.69, 9.17) is 14.2 Å². The number of halogens is 1. The standard InChI is InChI=1S/C22H33BrN2O5Si/c1-28-20-11-18-19(12-21(20)30-7-5-6-23)24(15-29-8-9-31(2,3)4)13-16-10-17(26)14-25(16)22(18)27/h11-12,16H,5-10,13-15H2,1-4H3/t16-/m0/s1. The second kappa shape index (κ2) is 10.4. The van der Waals surface area contributed by atoms with Crippen LogP contribution in [0.5, 0.6) is 11.5 Å². The van der Waals surface area contributed by atoms with Crippen molar-refractivity contribution in [3.05, 3.63) is 17.7 Å². The molecule has 1 amide bonds. The molecule has 1 saturated heterocycles. The highest BCUT2D eigenvalue weighted by molar-refractivity contribution is 9.09. The van der Waals surface area contributed by atoms with Gasteiger partial charge in [-0.1, -0.05) is 35.6 Å². The predicted molar refractivity (Wildman–Crippen MR) is 128 cm³/mol. The maximum Gasteiger partial charge on any atom is 0.256 e. The summed E-state index contributed by atoms with van der Waals surface area (Å²) in [6.07, 6.45) is 1.25. The molecule has 1 atom stereocenters. The first-order valence-electron chi connectivity index (χ1n) is 10.8. The van der Waals surface area contributed by atoms with Crippen molar-refractivity contribution in [2.75, 3.05) is 50.4 Å². The van der Waals surface area contributed by atoms with Gasteiger partial charge in [-0.2, -0.15) is 0 Å². The number of nitrogens with zero attached hydrogens (tertiary/aromatic N) is 2. The van der Waals surface area contributed by atoms with Gasteiger partial charge in [-0.15, -0.1) is 0 Å². The highest BCUT2D eigenvalue weighted by Crippen LogP contribution is 2.39. The monoisotopic (exact) mass is 512 g/mol. The summed E-state index contributed by atoms with van der Waals surface area (Å²) >= 11 is 3.42. The lowest BCUT2D eigenvalue weighted by Gasteiger charge is -2.28. The van der Waals surface area contributed by atoms with Crippen molar-refractivity contribution < 1.29 is 23.8 Å². The number of rotatable bonds is 10. The number of alkyl halides is 1. The second-order valence-corrected chi connectivity index (χ2v) is 15.7. The average molecular weight is 514 g/mol. The number of carbonyl (C=O) groups is 2. The number of benzene rings is 1. The van der Waals surface area contributed by atoms with Crippen molar-refractivity contribution in [2.45, 2.75) is 44.6 Å². The van der Waals surface area contributed by atoms with Gasteiger partial charge in [-0.25, -0.2) is 0 Å². The fourth-order valence-electron chi connectivity index (χ4n) is 3.83. The normalized spacial score (nSPS) is 18.7. The molecular weight excluding hydrogens is 480 g/mol. The van der Waals surface area contributed by atoms with Gasteiger partial charge in [0.05, 0.1) is 37.6 Å². The predicted octanol–water partition coefficient (Wildman–Crippen LogP) is 3.77. The largest absolute Gasteiger partial charge is 0.493 e. The molecule has 0 bridgehead atoms. The minimum Gasteiger partial charge on any atom is -0.493 e. The lowest BCUT2D eigenvalue weighted by Crippen LogP contribution is -2.40. The summed E-state index contributed by atoms with van der Waals surface area (Å²) in [7, 11) is 0.371. The molecule has 0 unspecified atom stereocenters. The Labute approximate surface area is 194 Å². The molecule has 7 nitrogen and oxygen atoms in total. The van der Waals surface area contributed by atoms with E-state index in [2.05, 4.69) is 40.5 Å². The third kappa shape index (κ3) is 6.02. The zero-order valence-electron chi connectivity index (χ0n) is 18.9. The Balaban J connectivity index is 1.90. The summed E-state index contributed by atoms with van der Waals surface area (Å²) in [5.74, 6) is 1.09. The summed E-state index contributed by atoms with van der Waals surface area (Å²) in [5.41, 5.74) is 1.30. The molecule has 1 aromatic rings. The van der Waals surface area contributed by atoms with Gasteiger partial charge < -0.3 is 24.0 Å². The van der Waals surface area contributed by atoms with Crippen LogP contribution >= 0.6 is 15.9 Å². The first-order chi connectivity index (χ1) is 14.7. The molecule has 3 rings (SSSR count). The molecular formula is C22H33BrN2O5Si. The SMILES string of the molecule is COc1cc2c(cc1OCCCBr)N(COCC[Si](C)(C)C)C[C@@H]1CC(=O)CN1C2=O. The minimum atomic E-state index is -1.20. The van der Waals surface area contributed by atoms with Gasteiger partial charge in [0.1, 0.15) is 6.73 Å². The van der Waals surface area contributed by atoms with E-state index in [1.807, 2.05) is 6.07 Å². The molecule has 0 spiro atoms. The first-order valence-corrected chi connectivity index (χ1v) is 15.6. The van der Waals surface area contributed by atoms with Crippen LogP contribution in [0.3, 0.4) is 0 Å². The van der Waals surface area contributed by atoms with Crippen LogP contribution in [0, 0.1) is 0 Å². The molecule has 1 aromatic carbocycles. The number of hydrogen-bond donors (Lipinski definition) is 0. The molecule has 2 heterocycles. The Morgan fingerprint density at radius 2 is 1.94 bits per heavy atom. The number of amides is 1. The van der Waals surface area contributed by atoms with E-state index in [0.29, 0.717) is 50.0 Å². The van der Waals surface area contributed by atoms with Gasteiger partial charge in [-0.05, 0) is 18.5 Å². The Kier molecular flexibility index (Phi) is 8.04. The Hall–Kier alpha value is -1.58. The Morgan fingerprint density at radius 3 is 2.61 bits per heavy atom. The minimum absolute atomic E-state index is 0.100. The molecule has 0 saturated carbocycles. The van der Waals surface area contributed by atoms with Gasteiger partial charge in [0.25, 0.3) is 5.91 Å². The van der Waals surface area contributed by atoms with E-state index in [0.717, 1.165) is 23.5 Å². The number of hydrogen-bond acceptors (Lipinski definition) is 6. The van der Waals surface area contributed by atoms with Crippen molar-refractivity contribution in [1.29, 1.82) is 0 Å². The number of ketones is 1.